The van der Waals surface area contributed by atoms with Crippen molar-refractivity contribution in [1.82, 2.24) is 0 Å². The van der Waals surface area contributed by atoms with E-state index in [-0.39, 0.29) is 24.0 Å². The van der Waals surface area contributed by atoms with Crippen molar-refractivity contribution in [3.8, 4) is 5.75 Å². The molecule has 6 heteroatoms. The Balaban J connectivity index is 3.07. The number of nitrogen functional groups attached to an aromatic ring is 1. The number of benzene rings is 1. The summed E-state index contributed by atoms with van der Waals surface area (Å²) in [4.78, 5) is 11.0. The number of nitrogens with two attached hydrogens (primary N) is 1. The summed E-state index contributed by atoms with van der Waals surface area (Å²) in [7, 11) is 1.50. The van der Waals surface area contributed by atoms with Gasteiger partial charge in [0.25, 0.3) is 0 Å². The van der Waals surface area contributed by atoms with Crippen LogP contribution in [0.1, 0.15) is 17.3 Å². The summed E-state index contributed by atoms with van der Waals surface area (Å²) in [5.41, 5.74) is 4.57. The van der Waals surface area contributed by atoms with Crippen LogP contribution in [0.15, 0.2) is 12.1 Å². The molecule has 0 bridgehead atoms. The lowest BCUT2D eigenvalue weighted by molar-refractivity contribution is 0.0674. The van der Waals surface area contributed by atoms with E-state index in [0.29, 0.717) is 0 Å². The molecular weight excluding hydrogens is 229 g/mol. The molecule has 0 fully saturated rings. The lowest BCUT2D eigenvalue weighted by Gasteiger charge is -2.16. The van der Waals surface area contributed by atoms with Crippen LogP contribution >= 0.6 is 0 Å². The molecule has 1 aromatic rings. The molecule has 1 aromatic carbocycles. The van der Waals surface area contributed by atoms with Gasteiger partial charge in [-0.2, -0.15) is 0 Å². The van der Waals surface area contributed by atoms with Crippen LogP contribution in [0.5, 0.6) is 5.75 Å². The Bertz CT molecular complexity index is 422. The topological polar surface area (TPSA) is 81.8 Å². The molecule has 1 rings (SSSR count). The van der Waals surface area contributed by atoms with E-state index in [2.05, 4.69) is 0 Å². The molecule has 0 aliphatic carbocycles. The van der Waals surface area contributed by atoms with E-state index in [1.54, 1.807) is 6.92 Å². The van der Waals surface area contributed by atoms with Gasteiger partial charge in [0.05, 0.1) is 12.3 Å². The van der Waals surface area contributed by atoms with Gasteiger partial charge in [-0.15, -0.1) is 0 Å². The minimum Gasteiger partial charge on any atom is -0.487 e. The first kappa shape index (κ1) is 13.2. The molecule has 0 saturated carbocycles. The summed E-state index contributed by atoms with van der Waals surface area (Å²) in [6.07, 6.45) is -0.358. The first-order valence-electron chi connectivity index (χ1n) is 4.94. The first-order chi connectivity index (χ1) is 7.97. The van der Waals surface area contributed by atoms with Crippen molar-refractivity contribution in [2.45, 2.75) is 13.0 Å². The van der Waals surface area contributed by atoms with E-state index in [1.807, 2.05) is 0 Å². The molecule has 0 aromatic heterocycles. The first-order valence-corrected chi connectivity index (χ1v) is 4.94. The zero-order valence-corrected chi connectivity index (χ0v) is 9.57. The van der Waals surface area contributed by atoms with Crippen LogP contribution in [0.4, 0.5) is 10.1 Å². The standard InChI is InChI=1S/C11H14FNO4/c1-6(5-16-2)17-8-4-3-7(12)10(13)9(8)11(14)15/h3-4,6H,5,13H2,1-2H3,(H,14,15). The van der Waals surface area contributed by atoms with E-state index in [9.17, 15) is 9.18 Å². The van der Waals surface area contributed by atoms with Crippen LogP contribution < -0.4 is 10.5 Å². The summed E-state index contributed by atoms with van der Waals surface area (Å²) >= 11 is 0. The Kier molecular flexibility index (Phi) is 4.28. The van der Waals surface area contributed by atoms with Gasteiger partial charge in [-0.05, 0) is 19.1 Å². The lowest BCUT2D eigenvalue weighted by Crippen LogP contribution is -2.20. The van der Waals surface area contributed by atoms with Crippen LogP contribution in [-0.4, -0.2) is 30.9 Å². The second-order valence-electron chi connectivity index (χ2n) is 3.52. The van der Waals surface area contributed by atoms with E-state index < -0.39 is 17.5 Å². The third kappa shape index (κ3) is 3.07. The van der Waals surface area contributed by atoms with Crippen molar-refractivity contribution in [2.24, 2.45) is 0 Å². The van der Waals surface area contributed by atoms with Crippen LogP contribution in [0.3, 0.4) is 0 Å². The molecule has 0 heterocycles. The Morgan fingerprint density at radius 1 is 1.59 bits per heavy atom. The van der Waals surface area contributed by atoms with E-state index >= 15 is 0 Å². The average Bonchev–Trinajstić information content (AvgIpc) is 2.23. The fourth-order valence-electron chi connectivity index (χ4n) is 1.38. The summed E-state index contributed by atoms with van der Waals surface area (Å²) in [5, 5.41) is 8.96. The smallest absolute Gasteiger partial charge is 0.341 e. The summed E-state index contributed by atoms with van der Waals surface area (Å²) in [6, 6.07) is 2.30. The Hall–Kier alpha value is -1.82. The SMILES string of the molecule is COCC(C)Oc1ccc(F)c(N)c1C(=O)O. The van der Waals surface area contributed by atoms with Crippen molar-refractivity contribution in [3.05, 3.63) is 23.5 Å². The number of anilines is 1. The molecule has 0 radical (unpaired) electrons. The van der Waals surface area contributed by atoms with Gasteiger partial charge >= 0.3 is 5.97 Å². The Morgan fingerprint density at radius 2 is 2.24 bits per heavy atom. The molecule has 0 saturated heterocycles. The highest BCUT2D eigenvalue weighted by atomic mass is 19.1. The third-order valence-electron chi connectivity index (χ3n) is 2.10. The number of ether oxygens (including phenoxy) is 2. The highest BCUT2D eigenvalue weighted by molar-refractivity contribution is 5.96. The minimum absolute atomic E-state index is 0.0287. The molecule has 17 heavy (non-hydrogen) atoms. The minimum atomic E-state index is -1.33. The fourth-order valence-corrected chi connectivity index (χ4v) is 1.38. The monoisotopic (exact) mass is 243 g/mol. The highest BCUT2D eigenvalue weighted by Crippen LogP contribution is 2.27. The maximum atomic E-state index is 13.1. The Labute approximate surface area is 97.9 Å². The van der Waals surface area contributed by atoms with Crippen LogP contribution in [0.2, 0.25) is 0 Å². The van der Waals surface area contributed by atoms with Gasteiger partial charge in [0.2, 0.25) is 0 Å². The van der Waals surface area contributed by atoms with Gasteiger partial charge in [-0.25, -0.2) is 9.18 Å². The summed E-state index contributed by atoms with van der Waals surface area (Å²) < 4.78 is 23.3. The predicted octanol–water partition coefficient (Wildman–Crippen LogP) is 1.52. The van der Waals surface area contributed by atoms with Gasteiger partial charge in [-0.1, -0.05) is 0 Å². The van der Waals surface area contributed by atoms with Gasteiger partial charge in [-0.3, -0.25) is 0 Å². The molecule has 0 aliphatic heterocycles. The van der Waals surface area contributed by atoms with Crippen molar-refractivity contribution in [3.63, 3.8) is 0 Å². The van der Waals surface area contributed by atoms with Crippen molar-refractivity contribution in [1.29, 1.82) is 0 Å². The number of carboxylic acids is 1. The second-order valence-corrected chi connectivity index (χ2v) is 3.52. The van der Waals surface area contributed by atoms with Crippen LogP contribution in [0, 0.1) is 5.82 Å². The van der Waals surface area contributed by atoms with Crippen molar-refractivity contribution in [2.75, 3.05) is 19.5 Å². The van der Waals surface area contributed by atoms with Gasteiger partial charge in [0, 0.05) is 7.11 Å². The molecule has 5 nitrogen and oxygen atoms in total. The number of methoxy groups -OCH3 is 1. The normalized spacial score (nSPS) is 12.2. The third-order valence-corrected chi connectivity index (χ3v) is 2.10. The van der Waals surface area contributed by atoms with Crippen LogP contribution in [0.25, 0.3) is 0 Å². The van der Waals surface area contributed by atoms with Gasteiger partial charge < -0.3 is 20.3 Å². The molecule has 0 aliphatic rings. The zero-order chi connectivity index (χ0) is 13.0. The van der Waals surface area contributed by atoms with E-state index in [1.165, 1.54) is 13.2 Å². The van der Waals surface area contributed by atoms with Crippen molar-refractivity contribution < 1.29 is 23.8 Å². The van der Waals surface area contributed by atoms with Crippen molar-refractivity contribution >= 4 is 11.7 Å². The number of hydrogen-bond donors (Lipinski definition) is 2. The number of carboxylic acid groups (broad SMARTS) is 1. The van der Waals surface area contributed by atoms with Gasteiger partial charge in [0.15, 0.2) is 0 Å². The number of halogens is 1. The highest BCUT2D eigenvalue weighted by Gasteiger charge is 2.20. The molecule has 1 unspecified atom stereocenters. The molecule has 94 valence electrons. The lowest BCUT2D eigenvalue weighted by atomic mass is 10.1. The largest absolute Gasteiger partial charge is 0.487 e. The maximum absolute atomic E-state index is 13.1. The number of rotatable bonds is 5. The molecule has 3 N–H and O–H groups in total. The maximum Gasteiger partial charge on any atom is 0.341 e. The number of carbonyl (C=O) groups is 1. The molecular formula is C11H14FNO4. The fraction of sp³-hybridized carbons (Fsp3) is 0.364. The summed E-state index contributed by atoms with van der Waals surface area (Å²) in [5.74, 6) is -2.09. The van der Waals surface area contributed by atoms with Gasteiger partial charge in [0.1, 0.15) is 23.2 Å². The number of aromatic carboxylic acids is 1. The molecule has 1 atom stereocenters. The molecule has 0 spiro atoms. The second kappa shape index (κ2) is 5.49. The average molecular weight is 243 g/mol. The quantitative estimate of drug-likeness (QED) is 0.766. The zero-order valence-electron chi connectivity index (χ0n) is 9.57. The van der Waals surface area contributed by atoms with E-state index in [4.69, 9.17) is 20.3 Å². The number of hydrogen-bond acceptors (Lipinski definition) is 4. The molecule has 0 amide bonds. The Morgan fingerprint density at radius 3 is 2.76 bits per heavy atom. The summed E-state index contributed by atoms with van der Waals surface area (Å²) in [6.45, 7) is 1.99. The predicted molar refractivity (Wildman–Crippen MR) is 59.7 cm³/mol. The van der Waals surface area contributed by atoms with Crippen LogP contribution in [-0.2, 0) is 4.74 Å². The van der Waals surface area contributed by atoms with E-state index in [0.717, 1.165) is 6.07 Å².